The Morgan fingerprint density at radius 1 is 0.905 bits per heavy atom. The van der Waals surface area contributed by atoms with Crippen LogP contribution in [0.25, 0.3) is 11.1 Å². The lowest BCUT2D eigenvalue weighted by Crippen LogP contribution is -2.15. The molecule has 0 spiro atoms. The number of aliphatic hydroxyl groups is 2. The van der Waals surface area contributed by atoms with Gasteiger partial charge in [-0.2, -0.15) is 0 Å². The van der Waals surface area contributed by atoms with Gasteiger partial charge in [-0.05, 0) is 41.5 Å². The Labute approximate surface area is 123 Å². The molecule has 0 saturated carbocycles. The minimum absolute atomic E-state index is 0.284. The van der Waals surface area contributed by atoms with Crippen molar-refractivity contribution in [2.75, 3.05) is 29.5 Å². The van der Waals surface area contributed by atoms with Crippen molar-refractivity contribution in [3.8, 4) is 11.1 Å². The summed E-state index contributed by atoms with van der Waals surface area (Å²) in [6.45, 7) is -0.315. The van der Waals surface area contributed by atoms with Gasteiger partial charge >= 0.3 is 0 Å². The second kappa shape index (κ2) is 5.90. The number of anilines is 4. The maximum Gasteiger partial charge on any atom is 0.0811 e. The van der Waals surface area contributed by atoms with Crippen molar-refractivity contribution in [3.63, 3.8) is 0 Å². The molecule has 2 aromatic rings. The average molecular weight is 288 g/mol. The molecule has 2 aromatic carbocycles. The van der Waals surface area contributed by atoms with Crippen LogP contribution in [0.4, 0.5) is 22.7 Å². The molecular formula is C15H20N4O2. The van der Waals surface area contributed by atoms with E-state index < -0.39 is 6.10 Å². The van der Waals surface area contributed by atoms with E-state index in [1.807, 2.05) is 6.07 Å². The van der Waals surface area contributed by atoms with Gasteiger partial charge in [0.1, 0.15) is 0 Å². The summed E-state index contributed by atoms with van der Waals surface area (Å²) >= 11 is 0. The molecule has 1 atom stereocenters. The van der Waals surface area contributed by atoms with Crippen LogP contribution in [0, 0.1) is 0 Å². The van der Waals surface area contributed by atoms with Gasteiger partial charge in [0.15, 0.2) is 0 Å². The minimum Gasteiger partial charge on any atom is -0.399 e. The Hall–Kier alpha value is -2.44. The lowest BCUT2D eigenvalue weighted by molar-refractivity contribution is 0.0955. The first kappa shape index (κ1) is 15.0. The Morgan fingerprint density at radius 2 is 1.52 bits per heavy atom. The molecular weight excluding hydrogens is 268 g/mol. The fraction of sp³-hybridized carbons (Fsp3) is 0.200. The molecule has 0 heterocycles. The van der Waals surface area contributed by atoms with Crippen LogP contribution in [-0.2, 0) is 6.42 Å². The topological polar surface area (TPSA) is 145 Å². The van der Waals surface area contributed by atoms with Crippen LogP contribution >= 0.6 is 0 Å². The van der Waals surface area contributed by atoms with Gasteiger partial charge in [-0.1, -0.05) is 0 Å². The summed E-state index contributed by atoms with van der Waals surface area (Å²) in [5, 5.41) is 18.5. The molecule has 1 unspecified atom stereocenters. The van der Waals surface area contributed by atoms with Crippen LogP contribution in [0.15, 0.2) is 30.3 Å². The average Bonchev–Trinajstić information content (AvgIpc) is 2.41. The highest BCUT2D eigenvalue weighted by Crippen LogP contribution is 2.34. The Bertz CT molecular complexity index is 638. The molecule has 112 valence electrons. The molecule has 0 aromatic heterocycles. The Morgan fingerprint density at radius 3 is 2.10 bits per heavy atom. The largest absolute Gasteiger partial charge is 0.399 e. The molecule has 0 radical (unpaired) electrons. The fourth-order valence-corrected chi connectivity index (χ4v) is 2.26. The first-order chi connectivity index (χ1) is 9.90. The summed E-state index contributed by atoms with van der Waals surface area (Å²) in [6, 6.07) is 8.68. The zero-order valence-corrected chi connectivity index (χ0v) is 11.6. The van der Waals surface area contributed by atoms with Crippen LogP contribution in [-0.4, -0.2) is 22.9 Å². The molecule has 0 fully saturated rings. The van der Waals surface area contributed by atoms with E-state index in [0.29, 0.717) is 28.3 Å². The maximum atomic E-state index is 9.56. The highest BCUT2D eigenvalue weighted by molar-refractivity contribution is 5.87. The van der Waals surface area contributed by atoms with E-state index in [-0.39, 0.29) is 13.0 Å². The lowest BCUT2D eigenvalue weighted by Gasteiger charge is -2.14. The normalized spacial score (nSPS) is 12.3. The van der Waals surface area contributed by atoms with Gasteiger partial charge in [0, 0.05) is 23.4 Å². The number of rotatable bonds is 4. The van der Waals surface area contributed by atoms with E-state index in [0.717, 1.165) is 11.1 Å². The third-order valence-electron chi connectivity index (χ3n) is 3.24. The van der Waals surface area contributed by atoms with Crippen molar-refractivity contribution in [2.24, 2.45) is 0 Å². The molecule has 0 amide bonds. The van der Waals surface area contributed by atoms with Crippen molar-refractivity contribution in [1.82, 2.24) is 0 Å². The van der Waals surface area contributed by atoms with E-state index in [1.165, 1.54) is 0 Å². The molecule has 6 heteroatoms. The summed E-state index contributed by atoms with van der Waals surface area (Å²) in [4.78, 5) is 0. The molecule has 6 nitrogen and oxygen atoms in total. The number of hydrogen-bond donors (Lipinski definition) is 6. The van der Waals surface area contributed by atoms with Gasteiger partial charge in [-0.25, -0.2) is 0 Å². The zero-order chi connectivity index (χ0) is 15.6. The summed E-state index contributed by atoms with van der Waals surface area (Å²) in [5.41, 5.74) is 27.7. The Kier molecular flexibility index (Phi) is 4.21. The molecule has 0 saturated heterocycles. The third kappa shape index (κ3) is 3.36. The van der Waals surface area contributed by atoms with Crippen LogP contribution in [0.5, 0.6) is 0 Å². The third-order valence-corrected chi connectivity index (χ3v) is 3.24. The van der Waals surface area contributed by atoms with Gasteiger partial charge in [-0.3, -0.25) is 0 Å². The molecule has 0 aliphatic rings. The van der Waals surface area contributed by atoms with Crippen molar-refractivity contribution in [2.45, 2.75) is 12.5 Å². The zero-order valence-electron chi connectivity index (χ0n) is 11.6. The molecule has 0 aliphatic heterocycles. The monoisotopic (exact) mass is 288 g/mol. The molecule has 10 N–H and O–H groups in total. The van der Waals surface area contributed by atoms with Gasteiger partial charge in [0.25, 0.3) is 0 Å². The van der Waals surface area contributed by atoms with Crippen LogP contribution in [0.1, 0.15) is 5.56 Å². The number of hydrogen-bond acceptors (Lipinski definition) is 6. The number of aliphatic hydroxyl groups excluding tert-OH is 2. The predicted molar refractivity (Wildman–Crippen MR) is 86.3 cm³/mol. The van der Waals surface area contributed by atoms with E-state index >= 15 is 0 Å². The molecule has 2 rings (SSSR count). The predicted octanol–water partition coefficient (Wildman–Crippen LogP) is 0.578. The maximum absolute atomic E-state index is 9.56. The fourth-order valence-electron chi connectivity index (χ4n) is 2.26. The summed E-state index contributed by atoms with van der Waals surface area (Å²) in [7, 11) is 0. The van der Waals surface area contributed by atoms with Crippen LogP contribution < -0.4 is 22.9 Å². The minimum atomic E-state index is -0.841. The van der Waals surface area contributed by atoms with Gasteiger partial charge < -0.3 is 33.1 Å². The summed E-state index contributed by atoms with van der Waals surface area (Å²) in [6.07, 6.45) is -0.557. The first-order valence-electron chi connectivity index (χ1n) is 6.54. The first-order valence-corrected chi connectivity index (χ1v) is 6.54. The Balaban J connectivity index is 2.51. The lowest BCUT2D eigenvalue weighted by atomic mass is 9.96. The van der Waals surface area contributed by atoms with E-state index in [4.69, 9.17) is 28.0 Å². The van der Waals surface area contributed by atoms with Crippen molar-refractivity contribution in [1.29, 1.82) is 0 Å². The van der Waals surface area contributed by atoms with Gasteiger partial charge in [0.2, 0.25) is 0 Å². The van der Waals surface area contributed by atoms with Crippen LogP contribution in [0.3, 0.4) is 0 Å². The van der Waals surface area contributed by atoms with Crippen molar-refractivity contribution < 1.29 is 10.2 Å². The molecule has 0 aliphatic carbocycles. The van der Waals surface area contributed by atoms with Crippen molar-refractivity contribution in [3.05, 3.63) is 35.9 Å². The number of benzene rings is 2. The van der Waals surface area contributed by atoms with Gasteiger partial charge in [-0.15, -0.1) is 0 Å². The van der Waals surface area contributed by atoms with Crippen molar-refractivity contribution >= 4 is 22.7 Å². The SMILES string of the molecule is Nc1cc(N)cc(-c2cc(CC(O)CO)cc(N)c2N)c1. The second-order valence-corrected chi connectivity index (χ2v) is 5.08. The summed E-state index contributed by atoms with van der Waals surface area (Å²) in [5.74, 6) is 0. The highest BCUT2D eigenvalue weighted by atomic mass is 16.3. The standard InChI is InChI=1S/C15H20N4O2/c16-10-4-9(5-11(17)6-10)13-2-8(1-12(21)7-20)3-14(18)15(13)19/h2-6,12,20-21H,1,7,16-19H2. The second-order valence-electron chi connectivity index (χ2n) is 5.08. The van der Waals surface area contributed by atoms with E-state index in [9.17, 15) is 5.11 Å². The number of nitrogen functional groups attached to an aromatic ring is 4. The van der Waals surface area contributed by atoms with Crippen LogP contribution in [0.2, 0.25) is 0 Å². The van der Waals surface area contributed by atoms with Gasteiger partial charge in [0.05, 0.1) is 24.1 Å². The summed E-state index contributed by atoms with van der Waals surface area (Å²) < 4.78 is 0. The molecule has 0 bridgehead atoms. The van der Waals surface area contributed by atoms with E-state index in [2.05, 4.69) is 0 Å². The number of nitrogens with two attached hydrogens (primary N) is 4. The highest BCUT2D eigenvalue weighted by Gasteiger charge is 2.12. The molecule has 21 heavy (non-hydrogen) atoms. The smallest absolute Gasteiger partial charge is 0.0811 e. The van der Waals surface area contributed by atoms with E-state index in [1.54, 1.807) is 24.3 Å². The quantitative estimate of drug-likeness (QED) is 0.454.